The summed E-state index contributed by atoms with van der Waals surface area (Å²) in [5, 5.41) is 21.8. The Morgan fingerprint density at radius 1 is 1.44 bits per heavy atom. The monoisotopic (exact) mass is 344 g/mol. The number of carbonyl (C=O) groups excluding carboxylic acids is 1. The molecule has 0 radical (unpaired) electrons. The lowest BCUT2D eigenvalue weighted by Gasteiger charge is -2.31. The number of nitrogens with zero attached hydrogens (tertiary/aromatic N) is 5. The van der Waals surface area contributed by atoms with Crippen molar-refractivity contribution in [3.8, 4) is 0 Å². The van der Waals surface area contributed by atoms with E-state index in [0.29, 0.717) is 0 Å². The smallest absolute Gasteiger partial charge is 0.292 e. The van der Waals surface area contributed by atoms with E-state index in [-0.39, 0.29) is 29.7 Å². The molecule has 0 saturated carbocycles. The van der Waals surface area contributed by atoms with E-state index in [1.807, 2.05) is 18.1 Å². The number of carbonyl (C=O) groups is 1. The van der Waals surface area contributed by atoms with Gasteiger partial charge >= 0.3 is 0 Å². The van der Waals surface area contributed by atoms with Gasteiger partial charge in [0.25, 0.3) is 5.69 Å². The highest BCUT2D eigenvalue weighted by molar-refractivity contribution is 5.94. The lowest BCUT2D eigenvalue weighted by Crippen LogP contribution is -2.39. The molecule has 1 aromatic carbocycles. The second kappa shape index (κ2) is 7.39. The molecule has 0 bridgehead atoms. The van der Waals surface area contributed by atoms with Crippen LogP contribution in [0.3, 0.4) is 0 Å². The lowest BCUT2D eigenvalue weighted by atomic mass is 9.95. The Morgan fingerprint density at radius 3 is 2.96 bits per heavy atom. The summed E-state index contributed by atoms with van der Waals surface area (Å²) in [5.74, 6) is -0.00425. The number of hydrogen-bond donors (Lipinski definition) is 1. The first-order valence-corrected chi connectivity index (χ1v) is 8.15. The molecular formula is C16H20N6O3. The molecule has 1 atom stereocenters. The normalized spacial score (nSPS) is 18.0. The van der Waals surface area contributed by atoms with Crippen molar-refractivity contribution < 1.29 is 9.72 Å². The third kappa shape index (κ3) is 4.18. The average molecular weight is 344 g/mol. The minimum Gasteiger partial charge on any atom is -0.319 e. The number of aromatic nitrogens is 3. The van der Waals surface area contributed by atoms with E-state index in [4.69, 9.17) is 0 Å². The van der Waals surface area contributed by atoms with Crippen molar-refractivity contribution in [2.24, 2.45) is 7.05 Å². The standard InChI is InChI=1S/C16H20N6O3/c1-20-10-14(18-19-20)12-5-4-8-21(9-12)11-16(23)17-13-6-2-3-7-15(13)22(24)25/h2-3,6-7,10,12H,4-5,8-9,11H2,1H3,(H,17,23). The number of likely N-dealkylation sites (tertiary alicyclic amines) is 1. The molecule has 0 aliphatic carbocycles. The SMILES string of the molecule is Cn1cc(C2CCCN(CC(=O)Nc3ccccc3[N+](=O)[O-])C2)nn1. The van der Waals surface area contributed by atoms with E-state index in [1.54, 1.807) is 16.8 Å². The van der Waals surface area contributed by atoms with Gasteiger partial charge in [0.15, 0.2) is 0 Å². The molecular weight excluding hydrogens is 324 g/mol. The van der Waals surface area contributed by atoms with Gasteiger partial charge in [0.05, 0.1) is 17.2 Å². The number of aryl methyl sites for hydroxylation is 1. The Kier molecular flexibility index (Phi) is 5.03. The molecule has 1 unspecified atom stereocenters. The maximum Gasteiger partial charge on any atom is 0.292 e. The van der Waals surface area contributed by atoms with Gasteiger partial charge in [-0.2, -0.15) is 0 Å². The van der Waals surface area contributed by atoms with Crippen LogP contribution in [0.2, 0.25) is 0 Å². The molecule has 1 amide bonds. The van der Waals surface area contributed by atoms with Gasteiger partial charge in [0, 0.05) is 31.8 Å². The zero-order valence-corrected chi connectivity index (χ0v) is 14.0. The Balaban J connectivity index is 1.60. The van der Waals surface area contributed by atoms with E-state index in [1.165, 1.54) is 12.1 Å². The quantitative estimate of drug-likeness (QED) is 0.651. The predicted molar refractivity (Wildman–Crippen MR) is 91.1 cm³/mol. The summed E-state index contributed by atoms with van der Waals surface area (Å²) in [4.78, 5) is 24.9. The number of hydrogen-bond acceptors (Lipinski definition) is 6. The van der Waals surface area contributed by atoms with Gasteiger partial charge in [-0.25, -0.2) is 0 Å². The molecule has 1 N–H and O–H groups in total. The number of piperidine rings is 1. The van der Waals surface area contributed by atoms with Crippen molar-refractivity contribution in [1.29, 1.82) is 0 Å². The zero-order chi connectivity index (χ0) is 17.8. The Bertz CT molecular complexity index is 775. The first-order valence-electron chi connectivity index (χ1n) is 8.15. The summed E-state index contributed by atoms with van der Waals surface area (Å²) in [7, 11) is 1.83. The Morgan fingerprint density at radius 2 is 2.24 bits per heavy atom. The van der Waals surface area contributed by atoms with Crippen LogP contribution in [0, 0.1) is 10.1 Å². The van der Waals surface area contributed by atoms with Gasteiger partial charge in [-0.1, -0.05) is 17.3 Å². The fourth-order valence-corrected chi connectivity index (χ4v) is 3.12. The summed E-state index contributed by atoms with van der Waals surface area (Å²) in [5.41, 5.74) is 1.05. The topological polar surface area (TPSA) is 106 Å². The van der Waals surface area contributed by atoms with Crippen molar-refractivity contribution in [1.82, 2.24) is 19.9 Å². The molecule has 2 aromatic rings. The third-order valence-corrected chi connectivity index (χ3v) is 4.29. The van der Waals surface area contributed by atoms with Crippen molar-refractivity contribution in [3.05, 3.63) is 46.3 Å². The first kappa shape index (κ1) is 17.0. The van der Waals surface area contributed by atoms with Crippen molar-refractivity contribution in [3.63, 3.8) is 0 Å². The van der Waals surface area contributed by atoms with Crippen LogP contribution in [-0.2, 0) is 11.8 Å². The average Bonchev–Trinajstić information content (AvgIpc) is 3.02. The number of rotatable bonds is 5. The van der Waals surface area contributed by atoms with E-state index in [2.05, 4.69) is 15.6 Å². The largest absolute Gasteiger partial charge is 0.319 e. The van der Waals surface area contributed by atoms with Crippen molar-refractivity contribution in [2.75, 3.05) is 25.0 Å². The molecule has 1 aliphatic rings. The summed E-state index contributed by atoms with van der Waals surface area (Å²) in [6.07, 6.45) is 3.89. The lowest BCUT2D eigenvalue weighted by molar-refractivity contribution is -0.383. The highest BCUT2D eigenvalue weighted by Gasteiger charge is 2.25. The second-order valence-corrected chi connectivity index (χ2v) is 6.21. The predicted octanol–water partition coefficient (Wildman–Crippen LogP) is 1.54. The van der Waals surface area contributed by atoms with Crippen molar-refractivity contribution in [2.45, 2.75) is 18.8 Å². The number of nitrogens with one attached hydrogen (secondary N) is 1. The van der Waals surface area contributed by atoms with E-state index in [9.17, 15) is 14.9 Å². The number of nitro groups is 1. The number of para-hydroxylation sites is 2. The maximum atomic E-state index is 12.3. The van der Waals surface area contributed by atoms with Crippen LogP contribution in [0.5, 0.6) is 0 Å². The number of anilines is 1. The van der Waals surface area contributed by atoms with Gasteiger partial charge in [0.1, 0.15) is 5.69 Å². The zero-order valence-electron chi connectivity index (χ0n) is 14.0. The summed E-state index contributed by atoms with van der Waals surface area (Å²) < 4.78 is 1.68. The van der Waals surface area contributed by atoms with Crippen LogP contribution < -0.4 is 5.32 Å². The van der Waals surface area contributed by atoms with Gasteiger partial charge < -0.3 is 5.32 Å². The molecule has 1 aliphatic heterocycles. The van der Waals surface area contributed by atoms with E-state index >= 15 is 0 Å². The van der Waals surface area contributed by atoms with Crippen molar-refractivity contribution >= 4 is 17.3 Å². The number of nitro benzene ring substituents is 1. The molecule has 9 heteroatoms. The summed E-state index contributed by atoms with van der Waals surface area (Å²) >= 11 is 0. The van der Waals surface area contributed by atoms with Gasteiger partial charge in [-0.15, -0.1) is 5.10 Å². The molecule has 0 spiro atoms. The fourth-order valence-electron chi connectivity index (χ4n) is 3.12. The third-order valence-electron chi connectivity index (χ3n) is 4.29. The van der Waals surface area contributed by atoms with Crippen LogP contribution >= 0.6 is 0 Å². The molecule has 2 heterocycles. The summed E-state index contributed by atoms with van der Waals surface area (Å²) in [6.45, 7) is 1.74. The van der Waals surface area contributed by atoms with Gasteiger partial charge in [0.2, 0.25) is 5.91 Å². The fraction of sp³-hybridized carbons (Fsp3) is 0.438. The van der Waals surface area contributed by atoms with Crippen LogP contribution in [-0.4, -0.2) is 50.4 Å². The Hall–Kier alpha value is -2.81. The van der Waals surface area contributed by atoms with Crippen LogP contribution in [0.1, 0.15) is 24.5 Å². The minimum absolute atomic E-state index is 0.105. The van der Waals surface area contributed by atoms with Gasteiger partial charge in [-0.3, -0.25) is 24.5 Å². The Labute approximate surface area is 144 Å². The molecule has 1 fully saturated rings. The highest BCUT2D eigenvalue weighted by atomic mass is 16.6. The number of amides is 1. The van der Waals surface area contributed by atoms with E-state index in [0.717, 1.165) is 31.6 Å². The molecule has 1 saturated heterocycles. The molecule has 9 nitrogen and oxygen atoms in total. The maximum absolute atomic E-state index is 12.3. The van der Waals surface area contributed by atoms with Crippen LogP contribution in [0.25, 0.3) is 0 Å². The highest BCUT2D eigenvalue weighted by Crippen LogP contribution is 2.26. The van der Waals surface area contributed by atoms with Crippen LogP contribution in [0.4, 0.5) is 11.4 Å². The van der Waals surface area contributed by atoms with Gasteiger partial charge in [-0.05, 0) is 25.5 Å². The molecule has 3 rings (SSSR count). The molecule has 1 aromatic heterocycles. The molecule has 132 valence electrons. The molecule has 25 heavy (non-hydrogen) atoms. The summed E-state index contributed by atoms with van der Waals surface area (Å²) in [6, 6.07) is 6.15. The van der Waals surface area contributed by atoms with Crippen LogP contribution in [0.15, 0.2) is 30.5 Å². The van der Waals surface area contributed by atoms with E-state index < -0.39 is 4.92 Å². The number of benzene rings is 1. The minimum atomic E-state index is -0.499. The first-order chi connectivity index (χ1) is 12.0. The second-order valence-electron chi connectivity index (χ2n) is 6.21.